The second-order valence-corrected chi connectivity index (χ2v) is 7.24. The van der Waals surface area contributed by atoms with Crippen LogP contribution in [-0.4, -0.2) is 62.6 Å². The van der Waals surface area contributed by atoms with Gasteiger partial charge in [0.2, 0.25) is 11.8 Å². The number of carboxylic acid groups (broad SMARTS) is 1. The lowest BCUT2D eigenvalue weighted by Gasteiger charge is -2.44. The molecule has 8 heteroatoms. The fourth-order valence-electron chi connectivity index (χ4n) is 4.30. The molecule has 0 saturated carbocycles. The van der Waals surface area contributed by atoms with Crippen LogP contribution < -0.4 is 0 Å². The minimum atomic E-state index is -1.46. The minimum Gasteiger partial charge on any atom is -0.449 e. The third kappa shape index (κ3) is 2.98. The molecule has 2 fully saturated rings. The smallest absolute Gasteiger partial charge is 0.449 e. The Morgan fingerprint density at radius 3 is 2.69 bits per heavy atom. The second kappa shape index (κ2) is 6.75. The molecule has 3 rings (SSSR count). The Hall–Kier alpha value is -2.35. The van der Waals surface area contributed by atoms with Crippen LogP contribution in [0.3, 0.4) is 0 Å². The molecule has 3 N–H and O–H groups in total. The number of nitrogens with one attached hydrogen (secondary N) is 1. The predicted molar refractivity (Wildman–Crippen MR) is 93.4 cm³/mol. The van der Waals surface area contributed by atoms with E-state index in [2.05, 4.69) is 0 Å². The molecule has 8 nitrogen and oxygen atoms in total. The van der Waals surface area contributed by atoms with Crippen LogP contribution in [0.5, 0.6) is 0 Å². The van der Waals surface area contributed by atoms with Crippen molar-refractivity contribution in [3.05, 3.63) is 23.1 Å². The maximum absolute atomic E-state index is 12.3. The Labute approximate surface area is 152 Å². The number of amidine groups is 1. The zero-order valence-electron chi connectivity index (χ0n) is 15.2. The first kappa shape index (κ1) is 18.4. The van der Waals surface area contributed by atoms with Gasteiger partial charge in [-0.2, -0.15) is 0 Å². The van der Waals surface area contributed by atoms with Crippen molar-refractivity contribution in [2.75, 3.05) is 6.54 Å². The summed E-state index contributed by atoms with van der Waals surface area (Å²) in [5.41, 5.74) is 1.54. The van der Waals surface area contributed by atoms with Crippen molar-refractivity contribution >= 4 is 17.9 Å². The number of carbonyl (C=O) groups is 2. The maximum Gasteiger partial charge on any atom is 0.512 e. The van der Waals surface area contributed by atoms with E-state index in [4.69, 9.17) is 15.3 Å². The molecule has 1 amide bonds. The number of ether oxygens (including phenoxy) is 1. The van der Waals surface area contributed by atoms with Crippen molar-refractivity contribution in [2.24, 2.45) is 5.92 Å². The van der Waals surface area contributed by atoms with Gasteiger partial charge in [0.25, 0.3) is 0 Å². The molecule has 0 spiro atoms. The Morgan fingerprint density at radius 1 is 1.42 bits per heavy atom. The number of carbonyl (C=O) groups excluding carboxylic acids is 1. The lowest BCUT2D eigenvalue weighted by Crippen LogP contribution is -2.61. The monoisotopic (exact) mass is 363 g/mol. The van der Waals surface area contributed by atoms with Crippen molar-refractivity contribution < 1.29 is 24.5 Å². The van der Waals surface area contributed by atoms with E-state index in [0.717, 1.165) is 25.0 Å². The highest BCUT2D eigenvalue weighted by atomic mass is 16.7. The molecule has 26 heavy (non-hydrogen) atoms. The fourth-order valence-corrected chi connectivity index (χ4v) is 4.30. The molecule has 3 aliphatic rings. The first-order valence-electron chi connectivity index (χ1n) is 8.88. The molecule has 0 radical (unpaired) electrons. The average molecular weight is 363 g/mol. The molecule has 2 saturated heterocycles. The zero-order valence-corrected chi connectivity index (χ0v) is 15.2. The van der Waals surface area contributed by atoms with Crippen LogP contribution >= 0.6 is 0 Å². The molecule has 0 unspecified atom stereocenters. The van der Waals surface area contributed by atoms with Gasteiger partial charge in [0.15, 0.2) is 0 Å². The summed E-state index contributed by atoms with van der Waals surface area (Å²) in [6.45, 7) is 6.04. The van der Waals surface area contributed by atoms with E-state index in [1.54, 1.807) is 13.8 Å². The second-order valence-electron chi connectivity index (χ2n) is 7.24. The number of hydrogen-bond acceptors (Lipinski definition) is 5. The number of allylic oxidation sites excluding steroid dienone is 1. The summed E-state index contributed by atoms with van der Waals surface area (Å²) in [4.78, 5) is 26.8. The Balaban J connectivity index is 1.90. The van der Waals surface area contributed by atoms with Crippen molar-refractivity contribution in [3.8, 4) is 0 Å². The predicted octanol–water partition coefficient (Wildman–Crippen LogP) is 1.91. The zero-order chi connectivity index (χ0) is 19.2. The van der Waals surface area contributed by atoms with Crippen molar-refractivity contribution in [2.45, 2.75) is 58.2 Å². The van der Waals surface area contributed by atoms with Crippen LogP contribution in [0, 0.1) is 11.3 Å². The lowest BCUT2D eigenvalue weighted by molar-refractivity contribution is -0.160. The Morgan fingerprint density at radius 2 is 2.12 bits per heavy atom. The fraction of sp³-hybridized carbons (Fsp3) is 0.611. The van der Waals surface area contributed by atoms with Gasteiger partial charge in [0.05, 0.1) is 23.9 Å². The summed E-state index contributed by atoms with van der Waals surface area (Å²) in [5, 5.41) is 26.8. The highest BCUT2D eigenvalue weighted by Crippen LogP contribution is 2.46. The molecule has 0 aromatic heterocycles. The summed E-state index contributed by atoms with van der Waals surface area (Å²) >= 11 is 0. The van der Waals surface area contributed by atoms with Crippen LogP contribution in [0.25, 0.3) is 0 Å². The number of fused-ring (bicyclic) bond motifs is 1. The topological polar surface area (TPSA) is 114 Å². The van der Waals surface area contributed by atoms with Crippen LogP contribution in [0.15, 0.2) is 23.1 Å². The summed E-state index contributed by atoms with van der Waals surface area (Å²) in [7, 11) is 0. The number of β-lactam (4-membered cyclic amide) rings is 1. The van der Waals surface area contributed by atoms with Gasteiger partial charge in [-0.15, -0.1) is 0 Å². The maximum atomic E-state index is 12.3. The van der Waals surface area contributed by atoms with Gasteiger partial charge in [0, 0.05) is 18.2 Å². The van der Waals surface area contributed by atoms with E-state index in [-0.39, 0.29) is 23.9 Å². The quantitative estimate of drug-likeness (QED) is 0.304. The molecule has 3 aliphatic heterocycles. The van der Waals surface area contributed by atoms with Gasteiger partial charge >= 0.3 is 6.16 Å². The average Bonchev–Trinajstić information content (AvgIpc) is 3.08. The molecule has 0 aromatic carbocycles. The normalized spacial score (nSPS) is 29.6. The van der Waals surface area contributed by atoms with E-state index >= 15 is 0 Å². The van der Waals surface area contributed by atoms with E-state index in [0.29, 0.717) is 17.8 Å². The van der Waals surface area contributed by atoms with Gasteiger partial charge in [-0.25, -0.2) is 4.79 Å². The lowest BCUT2D eigenvalue weighted by atomic mass is 9.82. The van der Waals surface area contributed by atoms with Crippen molar-refractivity contribution in [1.82, 2.24) is 9.80 Å². The van der Waals surface area contributed by atoms with Crippen LogP contribution in [0.4, 0.5) is 4.79 Å². The number of aliphatic hydroxyl groups excluding tert-OH is 1. The number of rotatable bonds is 4. The molecule has 0 aliphatic carbocycles. The molecule has 4 atom stereocenters. The number of aliphatic hydroxyl groups is 1. The summed E-state index contributed by atoms with van der Waals surface area (Å²) in [6, 6.07) is -0.179. The highest BCUT2D eigenvalue weighted by molar-refractivity contribution is 5.90. The van der Waals surface area contributed by atoms with E-state index in [1.807, 2.05) is 17.9 Å². The standard InChI is InChI=1S/C18H25N3O5/c1-9(7-12-5-4-6-20(12)11(3)19)13-8-14-15(10(2)22)16(23)21(14)17(13)26-18(24)25/h7,10,12,14-15,19,22H,4-6,8H2,1-3H3,(H,24,25)/b9-7+,19-11?/t10-,12+,14-,15-/m1/s1. The first-order chi connectivity index (χ1) is 12.2. The molecule has 142 valence electrons. The first-order valence-corrected chi connectivity index (χ1v) is 8.88. The van der Waals surface area contributed by atoms with Crippen LogP contribution in [0.1, 0.15) is 40.0 Å². The number of nitrogens with zero attached hydrogens (tertiary/aromatic N) is 2. The summed E-state index contributed by atoms with van der Waals surface area (Å²) < 4.78 is 4.94. The van der Waals surface area contributed by atoms with Crippen LogP contribution in [-0.2, 0) is 9.53 Å². The summed E-state index contributed by atoms with van der Waals surface area (Å²) in [5.74, 6) is -0.261. The van der Waals surface area contributed by atoms with Gasteiger partial charge < -0.3 is 19.8 Å². The Bertz CT molecular complexity index is 712. The summed E-state index contributed by atoms with van der Waals surface area (Å²) in [6.07, 6.45) is 2.17. The minimum absolute atomic E-state index is 0.0641. The number of hydrogen-bond donors (Lipinski definition) is 3. The molecule has 3 heterocycles. The van der Waals surface area contributed by atoms with Gasteiger partial charge in [-0.1, -0.05) is 6.08 Å². The molecule has 0 aromatic rings. The largest absolute Gasteiger partial charge is 0.512 e. The van der Waals surface area contributed by atoms with Gasteiger partial charge in [-0.3, -0.25) is 15.1 Å². The van der Waals surface area contributed by atoms with Gasteiger partial charge in [0.1, 0.15) is 0 Å². The van der Waals surface area contributed by atoms with E-state index < -0.39 is 18.2 Å². The van der Waals surface area contributed by atoms with Crippen molar-refractivity contribution in [3.63, 3.8) is 0 Å². The highest BCUT2D eigenvalue weighted by Gasteiger charge is 2.56. The molecule has 0 bridgehead atoms. The van der Waals surface area contributed by atoms with E-state index in [1.165, 1.54) is 4.90 Å². The molecular formula is C18H25N3O5. The molecular weight excluding hydrogens is 338 g/mol. The number of amides is 1. The third-order valence-corrected chi connectivity index (χ3v) is 5.51. The SMILES string of the molecule is CC(=N)N1CCC[C@H]1/C=C(\C)C1=C(OC(=O)O)N2C(=O)[C@H]([C@@H](C)O)[C@H]2C1. The van der Waals surface area contributed by atoms with Crippen molar-refractivity contribution in [1.29, 1.82) is 5.41 Å². The van der Waals surface area contributed by atoms with Crippen LogP contribution in [0.2, 0.25) is 0 Å². The third-order valence-electron chi connectivity index (χ3n) is 5.51. The Kier molecular flexibility index (Phi) is 4.79. The van der Waals surface area contributed by atoms with E-state index in [9.17, 15) is 14.7 Å². The number of likely N-dealkylation sites (tertiary alicyclic amines) is 1. The van der Waals surface area contributed by atoms with Gasteiger partial charge in [-0.05, 0) is 45.6 Å².